The second kappa shape index (κ2) is 9.22. The molecule has 7 heteroatoms. The predicted molar refractivity (Wildman–Crippen MR) is 123 cm³/mol. The number of carbonyl (C=O) groups is 1. The monoisotopic (exact) mass is 433 g/mol. The number of anilines is 1. The van der Waals surface area contributed by atoms with E-state index in [4.69, 9.17) is 4.74 Å². The lowest BCUT2D eigenvalue weighted by atomic mass is 9.86. The Bertz CT molecular complexity index is 1190. The number of aromatic amines is 1. The van der Waals surface area contributed by atoms with Gasteiger partial charge in [-0.2, -0.15) is 0 Å². The van der Waals surface area contributed by atoms with Gasteiger partial charge in [0.25, 0.3) is 5.56 Å². The van der Waals surface area contributed by atoms with E-state index in [1.54, 1.807) is 6.08 Å². The van der Waals surface area contributed by atoms with E-state index in [-0.39, 0.29) is 17.9 Å². The van der Waals surface area contributed by atoms with Gasteiger partial charge in [0.15, 0.2) is 5.16 Å². The molecule has 2 N–H and O–H groups in total. The zero-order chi connectivity index (χ0) is 21.8. The van der Waals surface area contributed by atoms with Crippen molar-refractivity contribution in [1.82, 2.24) is 9.97 Å². The molecule has 0 saturated carbocycles. The van der Waals surface area contributed by atoms with Gasteiger partial charge in [0, 0.05) is 23.7 Å². The lowest BCUT2D eigenvalue weighted by Gasteiger charge is -2.26. The minimum absolute atomic E-state index is 0.155. The summed E-state index contributed by atoms with van der Waals surface area (Å²) < 4.78 is 5.77. The molecular formula is C24H23N3O3S. The number of carbonyl (C=O) groups excluding carboxylic acids is 1. The van der Waals surface area contributed by atoms with Crippen molar-refractivity contribution < 1.29 is 9.53 Å². The number of aromatic nitrogens is 2. The van der Waals surface area contributed by atoms with Crippen LogP contribution < -0.4 is 15.6 Å². The summed E-state index contributed by atoms with van der Waals surface area (Å²) in [6.45, 7) is 6.07. The molecule has 1 amide bonds. The number of rotatable bonds is 7. The molecule has 2 aromatic carbocycles. The molecule has 0 spiro atoms. The molecule has 3 aromatic rings. The summed E-state index contributed by atoms with van der Waals surface area (Å²) in [5.74, 6) is 1.01. The molecule has 1 unspecified atom stereocenters. The van der Waals surface area contributed by atoms with Crippen LogP contribution in [0, 0.1) is 6.92 Å². The van der Waals surface area contributed by atoms with Crippen LogP contribution in [-0.4, -0.2) is 22.5 Å². The number of H-pyrrole nitrogens is 1. The summed E-state index contributed by atoms with van der Waals surface area (Å²) >= 11 is 1.43. The maximum absolute atomic E-state index is 13.1. The third kappa shape index (κ3) is 4.56. The van der Waals surface area contributed by atoms with Gasteiger partial charge in [0.2, 0.25) is 5.91 Å². The highest BCUT2D eigenvalue weighted by Crippen LogP contribution is 2.38. The molecule has 1 atom stereocenters. The average molecular weight is 434 g/mol. The van der Waals surface area contributed by atoms with Gasteiger partial charge in [-0.3, -0.25) is 9.59 Å². The van der Waals surface area contributed by atoms with Crippen LogP contribution in [0.5, 0.6) is 5.75 Å². The largest absolute Gasteiger partial charge is 0.489 e. The third-order valence-corrected chi connectivity index (χ3v) is 6.13. The predicted octanol–water partition coefficient (Wildman–Crippen LogP) is 4.41. The van der Waals surface area contributed by atoms with Crippen molar-refractivity contribution in [3.05, 3.63) is 93.8 Å². The second-order valence-electron chi connectivity index (χ2n) is 7.29. The average Bonchev–Trinajstić information content (AvgIpc) is 2.76. The Morgan fingerprint density at radius 3 is 2.77 bits per heavy atom. The van der Waals surface area contributed by atoms with Crippen molar-refractivity contribution in [2.24, 2.45) is 0 Å². The van der Waals surface area contributed by atoms with Crippen LogP contribution >= 0.6 is 11.8 Å². The third-order valence-electron chi connectivity index (χ3n) is 5.21. The van der Waals surface area contributed by atoms with Gasteiger partial charge in [0.05, 0.1) is 5.56 Å². The summed E-state index contributed by atoms with van der Waals surface area (Å²) in [7, 11) is 0. The van der Waals surface area contributed by atoms with Crippen molar-refractivity contribution in [1.29, 1.82) is 0 Å². The SMILES string of the molecule is C=CCOc1ccccc1C1CC(=O)Nc2nc(SCc3ccccc3C)[nH]c(=O)c21. The first kappa shape index (κ1) is 20.9. The molecule has 0 radical (unpaired) electrons. The van der Waals surface area contributed by atoms with Gasteiger partial charge in [-0.25, -0.2) is 4.98 Å². The topological polar surface area (TPSA) is 84.1 Å². The number of nitrogens with zero attached hydrogens (tertiary/aromatic N) is 1. The van der Waals surface area contributed by atoms with E-state index in [1.807, 2.05) is 36.4 Å². The highest BCUT2D eigenvalue weighted by molar-refractivity contribution is 7.98. The minimum Gasteiger partial charge on any atom is -0.489 e. The molecule has 1 aliphatic rings. The van der Waals surface area contributed by atoms with E-state index in [0.717, 1.165) is 5.56 Å². The lowest BCUT2D eigenvalue weighted by molar-refractivity contribution is -0.116. The number of hydrogen-bond acceptors (Lipinski definition) is 5. The van der Waals surface area contributed by atoms with Crippen molar-refractivity contribution in [3.63, 3.8) is 0 Å². The van der Waals surface area contributed by atoms with Crippen molar-refractivity contribution in [2.45, 2.75) is 30.2 Å². The number of ether oxygens (including phenoxy) is 1. The summed E-state index contributed by atoms with van der Waals surface area (Å²) in [6.07, 6.45) is 1.81. The van der Waals surface area contributed by atoms with E-state index < -0.39 is 5.92 Å². The number of aryl methyl sites for hydroxylation is 1. The summed E-state index contributed by atoms with van der Waals surface area (Å²) in [5.41, 5.74) is 3.34. The first-order valence-electron chi connectivity index (χ1n) is 10.0. The minimum atomic E-state index is -0.434. The number of fused-ring (bicyclic) bond motifs is 1. The zero-order valence-corrected chi connectivity index (χ0v) is 18.0. The Balaban J connectivity index is 1.67. The maximum Gasteiger partial charge on any atom is 0.257 e. The van der Waals surface area contributed by atoms with E-state index in [2.05, 4.69) is 40.9 Å². The van der Waals surface area contributed by atoms with Crippen molar-refractivity contribution in [2.75, 3.05) is 11.9 Å². The first-order chi connectivity index (χ1) is 15.1. The summed E-state index contributed by atoms with van der Waals surface area (Å²) in [6, 6.07) is 15.5. The fourth-order valence-corrected chi connectivity index (χ4v) is 4.59. The standard InChI is InChI=1S/C24H23N3O3S/c1-3-12-30-19-11-7-6-10-17(19)18-13-20(28)25-22-21(18)23(29)27-24(26-22)31-14-16-9-5-4-8-15(16)2/h3-11,18H,1,12-14H2,2H3,(H2,25,26,27,28,29). The quantitative estimate of drug-likeness (QED) is 0.328. The fraction of sp³-hybridized carbons (Fsp3) is 0.208. The van der Waals surface area contributed by atoms with Crippen LogP contribution in [0.15, 0.2) is 71.1 Å². The van der Waals surface area contributed by atoms with Gasteiger partial charge < -0.3 is 15.0 Å². The molecule has 1 aliphatic heterocycles. The Kier molecular flexibility index (Phi) is 6.23. The van der Waals surface area contributed by atoms with E-state index in [0.29, 0.717) is 34.6 Å². The number of para-hydroxylation sites is 1. The zero-order valence-electron chi connectivity index (χ0n) is 17.2. The molecule has 31 heavy (non-hydrogen) atoms. The Morgan fingerprint density at radius 1 is 1.19 bits per heavy atom. The van der Waals surface area contributed by atoms with Crippen molar-refractivity contribution >= 4 is 23.5 Å². The number of benzene rings is 2. The van der Waals surface area contributed by atoms with E-state index in [9.17, 15) is 9.59 Å². The van der Waals surface area contributed by atoms with Crippen LogP contribution in [-0.2, 0) is 10.5 Å². The molecule has 0 saturated heterocycles. The van der Waals surface area contributed by atoms with Crippen LogP contribution in [0.1, 0.15) is 34.6 Å². The van der Waals surface area contributed by atoms with Gasteiger partial charge >= 0.3 is 0 Å². The molecule has 1 aromatic heterocycles. The molecule has 2 heterocycles. The molecule has 6 nitrogen and oxygen atoms in total. The number of amides is 1. The van der Waals surface area contributed by atoms with Crippen LogP contribution in [0.4, 0.5) is 5.82 Å². The molecular weight excluding hydrogens is 410 g/mol. The van der Waals surface area contributed by atoms with Crippen LogP contribution in [0.2, 0.25) is 0 Å². The van der Waals surface area contributed by atoms with Crippen LogP contribution in [0.25, 0.3) is 0 Å². The van der Waals surface area contributed by atoms with E-state index >= 15 is 0 Å². The maximum atomic E-state index is 13.1. The summed E-state index contributed by atoms with van der Waals surface area (Å²) in [5, 5.41) is 3.25. The highest BCUT2D eigenvalue weighted by atomic mass is 32.2. The van der Waals surface area contributed by atoms with Crippen molar-refractivity contribution in [3.8, 4) is 5.75 Å². The summed E-state index contributed by atoms with van der Waals surface area (Å²) in [4.78, 5) is 33.0. The van der Waals surface area contributed by atoms with Crippen LogP contribution in [0.3, 0.4) is 0 Å². The molecule has 158 valence electrons. The Morgan fingerprint density at radius 2 is 1.97 bits per heavy atom. The number of thioether (sulfide) groups is 1. The number of nitrogens with one attached hydrogen (secondary N) is 2. The normalized spacial score (nSPS) is 15.1. The van der Waals surface area contributed by atoms with Gasteiger partial charge in [-0.05, 0) is 24.1 Å². The van der Waals surface area contributed by atoms with Gasteiger partial charge in [0.1, 0.15) is 18.2 Å². The van der Waals surface area contributed by atoms with Gasteiger partial charge in [-0.1, -0.05) is 66.9 Å². The van der Waals surface area contributed by atoms with E-state index in [1.165, 1.54) is 22.9 Å². The Hall–Kier alpha value is -3.32. The van der Waals surface area contributed by atoms with Gasteiger partial charge in [-0.15, -0.1) is 0 Å². The fourth-order valence-electron chi connectivity index (χ4n) is 3.65. The first-order valence-corrected chi connectivity index (χ1v) is 11.0. The molecule has 0 aliphatic carbocycles. The smallest absolute Gasteiger partial charge is 0.257 e. The lowest BCUT2D eigenvalue weighted by Crippen LogP contribution is -2.31. The molecule has 0 fully saturated rings. The second-order valence-corrected chi connectivity index (χ2v) is 8.25. The molecule has 0 bridgehead atoms. The number of hydrogen-bond donors (Lipinski definition) is 2. The molecule has 4 rings (SSSR count). The highest BCUT2D eigenvalue weighted by Gasteiger charge is 2.32. The Labute approximate surface area is 184 Å².